The van der Waals surface area contributed by atoms with Gasteiger partial charge in [-0.3, -0.25) is 4.79 Å². The van der Waals surface area contributed by atoms with Crippen LogP contribution < -0.4 is 11.1 Å². The minimum atomic E-state index is -1.02. The Balaban J connectivity index is 2.89. The molecular formula is C13H17BrN2O3. The number of carbonyl (C=O) groups is 2. The van der Waals surface area contributed by atoms with Gasteiger partial charge in [-0.05, 0) is 39.5 Å². The van der Waals surface area contributed by atoms with Crippen molar-refractivity contribution in [2.24, 2.45) is 11.1 Å². The first-order chi connectivity index (χ1) is 8.62. The molecule has 1 atom stereocenters. The van der Waals surface area contributed by atoms with E-state index in [4.69, 9.17) is 10.8 Å². The van der Waals surface area contributed by atoms with Crippen LogP contribution in [0, 0.1) is 5.41 Å². The summed E-state index contributed by atoms with van der Waals surface area (Å²) in [4.78, 5) is 22.8. The SMILES string of the molecule is CC(C)(C)[C@H](N)C(=O)Nc1ccc(C(=O)O)cc1Br. The lowest BCUT2D eigenvalue weighted by atomic mass is 9.87. The molecule has 0 bridgehead atoms. The Morgan fingerprint density at radius 3 is 2.37 bits per heavy atom. The number of amides is 1. The van der Waals surface area contributed by atoms with Crippen LogP contribution in [0.2, 0.25) is 0 Å². The normalized spacial score (nSPS) is 12.9. The number of anilines is 1. The van der Waals surface area contributed by atoms with Crippen LogP contribution >= 0.6 is 15.9 Å². The number of nitrogens with one attached hydrogen (secondary N) is 1. The van der Waals surface area contributed by atoms with Gasteiger partial charge in [-0.1, -0.05) is 20.8 Å². The zero-order chi connectivity index (χ0) is 14.8. The zero-order valence-electron chi connectivity index (χ0n) is 11.0. The van der Waals surface area contributed by atoms with Crippen molar-refractivity contribution in [3.8, 4) is 0 Å². The minimum Gasteiger partial charge on any atom is -0.478 e. The smallest absolute Gasteiger partial charge is 0.335 e. The number of benzene rings is 1. The second kappa shape index (κ2) is 5.71. The number of carboxylic acids is 1. The van der Waals surface area contributed by atoms with Crippen molar-refractivity contribution >= 4 is 33.5 Å². The highest BCUT2D eigenvalue weighted by Crippen LogP contribution is 2.25. The van der Waals surface area contributed by atoms with Gasteiger partial charge in [0.15, 0.2) is 0 Å². The van der Waals surface area contributed by atoms with Gasteiger partial charge in [0.05, 0.1) is 17.3 Å². The molecule has 19 heavy (non-hydrogen) atoms. The summed E-state index contributed by atoms with van der Waals surface area (Å²) in [7, 11) is 0. The summed E-state index contributed by atoms with van der Waals surface area (Å²) in [5.74, 6) is -1.33. The van der Waals surface area contributed by atoms with Gasteiger partial charge < -0.3 is 16.2 Å². The predicted molar refractivity (Wildman–Crippen MR) is 77.2 cm³/mol. The fourth-order valence-corrected chi connectivity index (χ4v) is 1.83. The molecule has 1 rings (SSSR count). The first-order valence-corrected chi connectivity index (χ1v) is 6.51. The van der Waals surface area contributed by atoms with Gasteiger partial charge in [-0.15, -0.1) is 0 Å². The van der Waals surface area contributed by atoms with Crippen LogP contribution in [-0.2, 0) is 4.79 Å². The molecule has 5 nitrogen and oxygen atoms in total. The molecule has 0 aliphatic heterocycles. The molecule has 0 fully saturated rings. The van der Waals surface area contributed by atoms with Crippen LogP contribution in [0.15, 0.2) is 22.7 Å². The Labute approximate surface area is 120 Å². The molecule has 104 valence electrons. The first kappa shape index (κ1) is 15.7. The maximum atomic E-state index is 12.0. The number of hydrogen-bond donors (Lipinski definition) is 3. The van der Waals surface area contributed by atoms with E-state index in [2.05, 4.69) is 21.2 Å². The van der Waals surface area contributed by atoms with E-state index in [0.717, 1.165) is 0 Å². The van der Waals surface area contributed by atoms with E-state index in [-0.39, 0.29) is 16.9 Å². The van der Waals surface area contributed by atoms with Crippen molar-refractivity contribution in [2.45, 2.75) is 26.8 Å². The fraction of sp³-hybridized carbons (Fsp3) is 0.385. The average Bonchev–Trinajstić information content (AvgIpc) is 2.29. The van der Waals surface area contributed by atoms with Gasteiger partial charge >= 0.3 is 5.97 Å². The summed E-state index contributed by atoms with van der Waals surface area (Å²) in [6, 6.07) is 3.73. The molecule has 6 heteroatoms. The van der Waals surface area contributed by atoms with E-state index < -0.39 is 12.0 Å². The number of carbonyl (C=O) groups excluding carboxylic acids is 1. The predicted octanol–water partition coefficient (Wildman–Crippen LogP) is 2.46. The van der Waals surface area contributed by atoms with Crippen molar-refractivity contribution in [1.29, 1.82) is 0 Å². The van der Waals surface area contributed by atoms with Gasteiger partial charge in [0, 0.05) is 4.47 Å². The molecule has 0 heterocycles. The molecular weight excluding hydrogens is 312 g/mol. The maximum absolute atomic E-state index is 12.0. The van der Waals surface area contributed by atoms with Gasteiger partial charge in [0.2, 0.25) is 5.91 Å². The molecule has 4 N–H and O–H groups in total. The lowest BCUT2D eigenvalue weighted by Crippen LogP contribution is -2.45. The molecule has 0 aromatic heterocycles. The van der Waals surface area contributed by atoms with Crippen LogP contribution in [0.25, 0.3) is 0 Å². The molecule has 0 aliphatic carbocycles. The number of nitrogens with two attached hydrogens (primary N) is 1. The van der Waals surface area contributed by atoms with E-state index in [1.165, 1.54) is 18.2 Å². The number of carboxylic acid groups (broad SMARTS) is 1. The van der Waals surface area contributed by atoms with Crippen molar-refractivity contribution < 1.29 is 14.7 Å². The third kappa shape index (κ3) is 4.04. The fourth-order valence-electron chi connectivity index (χ4n) is 1.35. The lowest BCUT2D eigenvalue weighted by molar-refractivity contribution is -0.119. The Morgan fingerprint density at radius 1 is 1.37 bits per heavy atom. The Morgan fingerprint density at radius 2 is 1.95 bits per heavy atom. The van der Waals surface area contributed by atoms with E-state index in [1.54, 1.807) is 0 Å². The summed E-state index contributed by atoms with van der Waals surface area (Å²) in [5, 5.41) is 11.5. The summed E-state index contributed by atoms with van der Waals surface area (Å²) < 4.78 is 0.502. The molecule has 1 aromatic rings. The maximum Gasteiger partial charge on any atom is 0.335 e. The topological polar surface area (TPSA) is 92.4 Å². The van der Waals surface area contributed by atoms with Crippen molar-refractivity contribution in [1.82, 2.24) is 0 Å². The molecule has 0 unspecified atom stereocenters. The number of halogens is 1. The average molecular weight is 329 g/mol. The van der Waals surface area contributed by atoms with Gasteiger partial charge in [-0.2, -0.15) is 0 Å². The van der Waals surface area contributed by atoms with Crippen molar-refractivity contribution in [2.75, 3.05) is 5.32 Å². The molecule has 0 radical (unpaired) electrons. The highest BCUT2D eigenvalue weighted by atomic mass is 79.9. The number of aromatic carboxylic acids is 1. The Kier molecular flexibility index (Phi) is 4.70. The largest absolute Gasteiger partial charge is 0.478 e. The molecule has 0 saturated heterocycles. The zero-order valence-corrected chi connectivity index (χ0v) is 12.6. The quantitative estimate of drug-likeness (QED) is 0.794. The van der Waals surface area contributed by atoms with Crippen LogP contribution in [0.5, 0.6) is 0 Å². The Bertz CT molecular complexity index is 509. The van der Waals surface area contributed by atoms with E-state index >= 15 is 0 Å². The van der Waals surface area contributed by atoms with Gasteiger partial charge in [0.1, 0.15) is 0 Å². The minimum absolute atomic E-state index is 0.144. The number of rotatable bonds is 3. The third-order valence-electron chi connectivity index (χ3n) is 2.69. The molecule has 0 spiro atoms. The van der Waals surface area contributed by atoms with Crippen LogP contribution in [-0.4, -0.2) is 23.0 Å². The highest BCUT2D eigenvalue weighted by Gasteiger charge is 2.27. The molecule has 0 aliphatic rings. The second-order valence-electron chi connectivity index (χ2n) is 5.33. The summed E-state index contributed by atoms with van der Waals surface area (Å²) >= 11 is 3.22. The van der Waals surface area contributed by atoms with E-state index in [1.807, 2.05) is 20.8 Å². The van der Waals surface area contributed by atoms with Crippen LogP contribution in [0.3, 0.4) is 0 Å². The lowest BCUT2D eigenvalue weighted by Gasteiger charge is -2.26. The third-order valence-corrected chi connectivity index (χ3v) is 3.35. The van der Waals surface area contributed by atoms with Crippen molar-refractivity contribution in [3.63, 3.8) is 0 Å². The molecule has 1 amide bonds. The Hall–Kier alpha value is -1.40. The van der Waals surface area contributed by atoms with Crippen molar-refractivity contribution in [3.05, 3.63) is 28.2 Å². The highest BCUT2D eigenvalue weighted by molar-refractivity contribution is 9.10. The van der Waals surface area contributed by atoms with Gasteiger partial charge in [-0.25, -0.2) is 4.79 Å². The summed E-state index contributed by atoms with van der Waals surface area (Å²) in [6.45, 7) is 5.62. The standard InChI is InChI=1S/C13H17BrN2O3/c1-13(2,3)10(15)11(17)16-9-5-4-7(12(18)19)6-8(9)14/h4-6,10H,15H2,1-3H3,(H,16,17)(H,18,19)/t10-/m1/s1. The second-order valence-corrected chi connectivity index (χ2v) is 6.19. The van der Waals surface area contributed by atoms with Crippen LogP contribution in [0.1, 0.15) is 31.1 Å². The van der Waals surface area contributed by atoms with Gasteiger partial charge in [0.25, 0.3) is 0 Å². The first-order valence-electron chi connectivity index (χ1n) is 5.72. The molecule has 1 aromatic carbocycles. The summed E-state index contributed by atoms with van der Waals surface area (Å²) in [5.41, 5.74) is 6.14. The summed E-state index contributed by atoms with van der Waals surface area (Å²) in [6.07, 6.45) is 0. The van der Waals surface area contributed by atoms with Crippen LogP contribution in [0.4, 0.5) is 5.69 Å². The van der Waals surface area contributed by atoms with E-state index in [0.29, 0.717) is 10.2 Å². The monoisotopic (exact) mass is 328 g/mol. The van der Waals surface area contributed by atoms with E-state index in [9.17, 15) is 9.59 Å². The molecule has 0 saturated carbocycles. The number of hydrogen-bond acceptors (Lipinski definition) is 3.